The summed E-state index contributed by atoms with van der Waals surface area (Å²) in [6.45, 7) is 1.85. The lowest BCUT2D eigenvalue weighted by Gasteiger charge is -1.98. The summed E-state index contributed by atoms with van der Waals surface area (Å²) in [6, 6.07) is 1.92. The molecule has 1 aromatic heterocycles. The molecular formula is C9H6Br2O2S. The standard InChI is InChI=1S/C9H6Br2O2S/c1-4-2-6(9(12)13-4)5-3-7(10)14-8(5)11/h2-4H,1H3. The van der Waals surface area contributed by atoms with Crippen molar-refractivity contribution in [1.82, 2.24) is 0 Å². The van der Waals surface area contributed by atoms with Crippen molar-refractivity contribution in [3.8, 4) is 0 Å². The monoisotopic (exact) mass is 336 g/mol. The lowest BCUT2D eigenvalue weighted by Crippen LogP contribution is -2.03. The molecule has 1 atom stereocenters. The van der Waals surface area contributed by atoms with Crippen LogP contribution in [0.4, 0.5) is 0 Å². The molecular weight excluding hydrogens is 332 g/mol. The number of hydrogen-bond donors (Lipinski definition) is 0. The zero-order valence-corrected chi connectivity index (χ0v) is 11.2. The minimum Gasteiger partial charge on any atom is -0.455 e. The number of thiophene rings is 1. The predicted octanol–water partition coefficient (Wildman–Crippen LogP) is 3.60. The molecule has 14 heavy (non-hydrogen) atoms. The second-order valence-electron chi connectivity index (χ2n) is 2.93. The van der Waals surface area contributed by atoms with E-state index in [1.54, 1.807) is 11.3 Å². The van der Waals surface area contributed by atoms with E-state index in [0.717, 1.165) is 13.1 Å². The molecule has 0 aliphatic carbocycles. The average molecular weight is 338 g/mol. The van der Waals surface area contributed by atoms with E-state index in [4.69, 9.17) is 4.74 Å². The third-order valence-electron chi connectivity index (χ3n) is 1.86. The number of halogens is 2. The highest BCUT2D eigenvalue weighted by molar-refractivity contribution is 9.12. The summed E-state index contributed by atoms with van der Waals surface area (Å²) in [6.07, 6.45) is 1.71. The normalized spacial score (nSPS) is 20.9. The largest absolute Gasteiger partial charge is 0.455 e. The Bertz CT molecular complexity index is 422. The molecule has 0 spiro atoms. The number of ether oxygens (including phenoxy) is 1. The highest BCUT2D eigenvalue weighted by Crippen LogP contribution is 2.38. The maximum atomic E-state index is 11.4. The molecule has 0 bridgehead atoms. The Balaban J connectivity index is 2.45. The van der Waals surface area contributed by atoms with Gasteiger partial charge >= 0.3 is 5.97 Å². The Kier molecular flexibility index (Phi) is 2.81. The Morgan fingerprint density at radius 2 is 2.21 bits per heavy atom. The van der Waals surface area contributed by atoms with E-state index in [1.807, 2.05) is 19.1 Å². The van der Waals surface area contributed by atoms with Crippen molar-refractivity contribution in [2.75, 3.05) is 0 Å². The first-order valence-electron chi connectivity index (χ1n) is 3.96. The van der Waals surface area contributed by atoms with Crippen LogP contribution in [0, 0.1) is 0 Å². The fraction of sp³-hybridized carbons (Fsp3) is 0.222. The summed E-state index contributed by atoms with van der Waals surface area (Å²) in [7, 11) is 0. The van der Waals surface area contributed by atoms with E-state index in [-0.39, 0.29) is 12.1 Å². The number of carbonyl (C=O) groups excluding carboxylic acids is 1. The lowest BCUT2D eigenvalue weighted by molar-refractivity contribution is -0.137. The summed E-state index contributed by atoms with van der Waals surface area (Å²) in [4.78, 5) is 11.4. The highest BCUT2D eigenvalue weighted by Gasteiger charge is 2.26. The molecule has 1 aliphatic rings. The van der Waals surface area contributed by atoms with Crippen molar-refractivity contribution in [3.63, 3.8) is 0 Å². The van der Waals surface area contributed by atoms with Gasteiger partial charge < -0.3 is 4.74 Å². The Labute approximate surface area is 102 Å². The van der Waals surface area contributed by atoms with Crippen molar-refractivity contribution < 1.29 is 9.53 Å². The van der Waals surface area contributed by atoms with Gasteiger partial charge in [-0.25, -0.2) is 4.79 Å². The van der Waals surface area contributed by atoms with Crippen LogP contribution in [0.1, 0.15) is 12.5 Å². The van der Waals surface area contributed by atoms with Crippen LogP contribution in [0.15, 0.2) is 19.7 Å². The Morgan fingerprint density at radius 1 is 1.50 bits per heavy atom. The molecule has 1 unspecified atom stereocenters. The van der Waals surface area contributed by atoms with Crippen molar-refractivity contribution in [2.45, 2.75) is 13.0 Å². The second-order valence-corrected chi connectivity index (χ2v) is 6.68. The molecule has 2 rings (SSSR count). The van der Waals surface area contributed by atoms with Crippen molar-refractivity contribution in [3.05, 3.63) is 25.3 Å². The maximum absolute atomic E-state index is 11.4. The summed E-state index contributed by atoms with van der Waals surface area (Å²) in [5, 5.41) is 0. The smallest absolute Gasteiger partial charge is 0.339 e. The van der Waals surface area contributed by atoms with Gasteiger partial charge in [0.15, 0.2) is 0 Å². The van der Waals surface area contributed by atoms with Crippen LogP contribution in [-0.2, 0) is 9.53 Å². The number of carbonyl (C=O) groups is 1. The number of cyclic esters (lactones) is 1. The van der Waals surface area contributed by atoms with Gasteiger partial charge in [-0.05, 0) is 50.9 Å². The Morgan fingerprint density at radius 3 is 2.64 bits per heavy atom. The van der Waals surface area contributed by atoms with E-state index >= 15 is 0 Å². The van der Waals surface area contributed by atoms with Crippen LogP contribution < -0.4 is 0 Å². The fourth-order valence-electron chi connectivity index (χ4n) is 1.29. The SMILES string of the molecule is CC1C=C(c2cc(Br)sc2Br)C(=O)O1. The van der Waals surface area contributed by atoms with Crippen LogP contribution in [0.3, 0.4) is 0 Å². The van der Waals surface area contributed by atoms with Gasteiger partial charge in [-0.2, -0.15) is 0 Å². The van der Waals surface area contributed by atoms with Crippen LogP contribution in [0.25, 0.3) is 5.57 Å². The molecule has 0 amide bonds. The van der Waals surface area contributed by atoms with Crippen LogP contribution in [0.2, 0.25) is 0 Å². The first kappa shape index (κ1) is 10.4. The van der Waals surface area contributed by atoms with Gasteiger partial charge in [0.2, 0.25) is 0 Å². The first-order chi connectivity index (χ1) is 6.58. The van der Waals surface area contributed by atoms with Crippen LogP contribution >= 0.6 is 43.2 Å². The van der Waals surface area contributed by atoms with Gasteiger partial charge in [0.25, 0.3) is 0 Å². The molecule has 2 nitrogen and oxygen atoms in total. The van der Waals surface area contributed by atoms with Gasteiger partial charge in [-0.3, -0.25) is 0 Å². The van der Waals surface area contributed by atoms with E-state index < -0.39 is 0 Å². The van der Waals surface area contributed by atoms with E-state index in [9.17, 15) is 4.79 Å². The molecule has 0 fully saturated rings. The molecule has 2 heterocycles. The molecule has 5 heteroatoms. The molecule has 1 aliphatic heterocycles. The minimum absolute atomic E-state index is 0.122. The van der Waals surface area contributed by atoms with Gasteiger partial charge in [0.1, 0.15) is 6.10 Å². The third-order valence-corrected chi connectivity index (χ3v) is 4.20. The van der Waals surface area contributed by atoms with Crippen molar-refractivity contribution in [2.24, 2.45) is 0 Å². The molecule has 74 valence electrons. The zero-order valence-electron chi connectivity index (χ0n) is 7.21. The first-order valence-corrected chi connectivity index (χ1v) is 6.36. The molecule has 1 aromatic rings. The van der Waals surface area contributed by atoms with Gasteiger partial charge in [-0.15, -0.1) is 11.3 Å². The van der Waals surface area contributed by atoms with E-state index in [1.165, 1.54) is 0 Å². The van der Waals surface area contributed by atoms with Crippen molar-refractivity contribution >= 4 is 54.7 Å². The fourth-order valence-corrected chi connectivity index (χ4v) is 4.14. The second kappa shape index (κ2) is 3.79. The molecule has 0 N–H and O–H groups in total. The molecule has 0 radical (unpaired) electrons. The lowest BCUT2D eigenvalue weighted by atomic mass is 10.1. The summed E-state index contributed by atoms with van der Waals surface area (Å²) >= 11 is 8.33. The molecule has 0 saturated heterocycles. The van der Waals surface area contributed by atoms with Crippen molar-refractivity contribution in [1.29, 1.82) is 0 Å². The molecule has 0 saturated carbocycles. The predicted molar refractivity (Wildman–Crippen MR) is 63.3 cm³/mol. The Hall–Kier alpha value is -0.130. The number of rotatable bonds is 1. The summed E-state index contributed by atoms with van der Waals surface area (Å²) < 4.78 is 6.97. The molecule has 0 aromatic carbocycles. The van der Waals surface area contributed by atoms with Gasteiger partial charge in [0.05, 0.1) is 13.1 Å². The summed E-state index contributed by atoms with van der Waals surface area (Å²) in [5.41, 5.74) is 1.54. The maximum Gasteiger partial charge on any atom is 0.339 e. The van der Waals surface area contributed by atoms with Gasteiger partial charge in [-0.1, -0.05) is 0 Å². The van der Waals surface area contributed by atoms with E-state index in [0.29, 0.717) is 5.57 Å². The van der Waals surface area contributed by atoms with Gasteiger partial charge in [0, 0.05) is 5.56 Å². The minimum atomic E-state index is -0.247. The zero-order chi connectivity index (χ0) is 10.3. The highest BCUT2D eigenvalue weighted by atomic mass is 79.9. The summed E-state index contributed by atoms with van der Waals surface area (Å²) in [5.74, 6) is -0.247. The van der Waals surface area contributed by atoms with Crippen LogP contribution in [-0.4, -0.2) is 12.1 Å². The average Bonchev–Trinajstić information content (AvgIpc) is 2.55. The quantitative estimate of drug-likeness (QED) is 0.732. The third kappa shape index (κ3) is 1.81. The number of esters is 1. The van der Waals surface area contributed by atoms with Crippen LogP contribution in [0.5, 0.6) is 0 Å². The number of hydrogen-bond acceptors (Lipinski definition) is 3. The topological polar surface area (TPSA) is 26.3 Å². The van der Waals surface area contributed by atoms with E-state index in [2.05, 4.69) is 31.9 Å².